The third-order valence-corrected chi connectivity index (χ3v) is 4.91. The molecular weight excluding hydrogens is 341 g/mol. The molecule has 2 amide bonds. The highest BCUT2D eigenvalue weighted by molar-refractivity contribution is 5.95. The zero-order valence-electron chi connectivity index (χ0n) is 15.0. The van der Waals surface area contributed by atoms with E-state index in [1.807, 2.05) is 0 Å². The van der Waals surface area contributed by atoms with Crippen LogP contribution in [0.15, 0.2) is 18.2 Å². The smallest absolute Gasteiger partial charge is 0.414 e. The van der Waals surface area contributed by atoms with Gasteiger partial charge in [-0.05, 0) is 32.0 Å². The van der Waals surface area contributed by atoms with Crippen LogP contribution >= 0.6 is 0 Å². The fourth-order valence-electron chi connectivity index (χ4n) is 3.35. The van der Waals surface area contributed by atoms with Gasteiger partial charge in [0.05, 0.1) is 30.0 Å². The molecule has 3 rings (SSSR count). The highest BCUT2D eigenvalue weighted by atomic mass is 19.1. The SMILES string of the molecule is CC(=O)NCC1CN(c2ccc(N3CCC(=O)C3(C)C)c(F)c2)C(=O)O1. The fraction of sp³-hybridized carbons (Fsp3) is 0.500. The molecule has 8 heteroatoms. The number of cyclic esters (lactones) is 1. The monoisotopic (exact) mass is 363 g/mol. The Bertz CT molecular complexity index is 765. The maximum absolute atomic E-state index is 14.7. The molecule has 0 aliphatic carbocycles. The van der Waals surface area contributed by atoms with Gasteiger partial charge >= 0.3 is 6.09 Å². The molecule has 2 heterocycles. The van der Waals surface area contributed by atoms with E-state index in [-0.39, 0.29) is 24.8 Å². The van der Waals surface area contributed by atoms with Crippen LogP contribution in [0.3, 0.4) is 0 Å². The normalized spacial score (nSPS) is 21.9. The Morgan fingerprint density at radius 2 is 2.12 bits per heavy atom. The molecule has 1 N–H and O–H groups in total. The first-order valence-electron chi connectivity index (χ1n) is 8.53. The van der Waals surface area contributed by atoms with Gasteiger partial charge in [0.15, 0.2) is 5.78 Å². The number of nitrogens with zero attached hydrogens (tertiary/aromatic N) is 2. The van der Waals surface area contributed by atoms with E-state index in [0.717, 1.165) is 0 Å². The lowest BCUT2D eigenvalue weighted by Gasteiger charge is -2.32. The maximum atomic E-state index is 14.7. The average Bonchev–Trinajstić information content (AvgIpc) is 3.06. The largest absolute Gasteiger partial charge is 0.442 e. The summed E-state index contributed by atoms with van der Waals surface area (Å²) >= 11 is 0. The molecule has 0 saturated carbocycles. The van der Waals surface area contributed by atoms with Gasteiger partial charge in [-0.25, -0.2) is 9.18 Å². The van der Waals surface area contributed by atoms with Gasteiger partial charge in [0.2, 0.25) is 5.91 Å². The van der Waals surface area contributed by atoms with Crippen LogP contribution in [-0.4, -0.2) is 49.1 Å². The van der Waals surface area contributed by atoms with Crippen molar-refractivity contribution < 1.29 is 23.5 Å². The Kier molecular flexibility index (Phi) is 4.60. The lowest BCUT2D eigenvalue weighted by Crippen LogP contribution is -2.43. The summed E-state index contributed by atoms with van der Waals surface area (Å²) in [5.74, 6) is -0.633. The van der Waals surface area contributed by atoms with Crippen molar-refractivity contribution in [3.63, 3.8) is 0 Å². The molecule has 0 bridgehead atoms. The molecule has 0 aromatic heterocycles. The van der Waals surface area contributed by atoms with Crippen molar-refractivity contribution in [3.05, 3.63) is 24.0 Å². The van der Waals surface area contributed by atoms with E-state index in [4.69, 9.17) is 4.74 Å². The summed E-state index contributed by atoms with van der Waals surface area (Å²) in [7, 11) is 0. The van der Waals surface area contributed by atoms with Crippen molar-refractivity contribution in [1.82, 2.24) is 5.32 Å². The first-order chi connectivity index (χ1) is 12.2. The summed E-state index contributed by atoms with van der Waals surface area (Å²) in [6, 6.07) is 4.50. The number of nitrogens with one attached hydrogen (secondary N) is 1. The number of benzene rings is 1. The summed E-state index contributed by atoms with van der Waals surface area (Å²) in [6.07, 6.45) is -0.675. The number of anilines is 2. The number of hydrogen-bond acceptors (Lipinski definition) is 5. The van der Waals surface area contributed by atoms with Crippen LogP contribution < -0.4 is 15.1 Å². The molecular formula is C18H22FN3O4. The highest BCUT2D eigenvalue weighted by Gasteiger charge is 2.41. The zero-order valence-corrected chi connectivity index (χ0v) is 15.0. The van der Waals surface area contributed by atoms with Gasteiger partial charge in [0, 0.05) is 19.9 Å². The number of rotatable bonds is 4. The van der Waals surface area contributed by atoms with E-state index in [1.165, 1.54) is 17.9 Å². The number of halogens is 1. The Morgan fingerprint density at radius 3 is 2.69 bits per heavy atom. The number of amides is 2. The predicted molar refractivity (Wildman–Crippen MR) is 93.7 cm³/mol. The third-order valence-electron chi connectivity index (χ3n) is 4.91. The minimum atomic E-state index is -0.752. The molecule has 2 aliphatic rings. The molecule has 1 atom stereocenters. The minimum absolute atomic E-state index is 0.0740. The highest BCUT2D eigenvalue weighted by Crippen LogP contribution is 2.35. The number of ketones is 1. The molecule has 0 radical (unpaired) electrons. The van der Waals surface area contributed by atoms with E-state index >= 15 is 0 Å². The second-order valence-electron chi connectivity index (χ2n) is 7.07. The van der Waals surface area contributed by atoms with Gasteiger partial charge < -0.3 is 15.0 Å². The van der Waals surface area contributed by atoms with Gasteiger partial charge in [-0.3, -0.25) is 14.5 Å². The minimum Gasteiger partial charge on any atom is -0.442 e. The van der Waals surface area contributed by atoms with Crippen LogP contribution in [0.5, 0.6) is 0 Å². The van der Waals surface area contributed by atoms with Crippen molar-refractivity contribution >= 4 is 29.2 Å². The van der Waals surface area contributed by atoms with E-state index in [0.29, 0.717) is 24.3 Å². The second-order valence-corrected chi connectivity index (χ2v) is 7.07. The molecule has 1 unspecified atom stereocenters. The Morgan fingerprint density at radius 1 is 1.38 bits per heavy atom. The van der Waals surface area contributed by atoms with Crippen molar-refractivity contribution in [2.75, 3.05) is 29.4 Å². The second kappa shape index (κ2) is 6.59. The molecule has 1 aromatic rings. The number of ether oxygens (including phenoxy) is 1. The van der Waals surface area contributed by atoms with Gasteiger partial charge in [0.25, 0.3) is 0 Å². The molecule has 2 saturated heterocycles. The first kappa shape index (κ1) is 18.2. The summed E-state index contributed by atoms with van der Waals surface area (Å²) in [5, 5.41) is 2.60. The van der Waals surface area contributed by atoms with Crippen LogP contribution in [0.25, 0.3) is 0 Å². The lowest BCUT2D eigenvalue weighted by molar-refractivity contribution is -0.121. The molecule has 7 nitrogen and oxygen atoms in total. The Balaban J connectivity index is 1.77. The van der Waals surface area contributed by atoms with E-state index in [2.05, 4.69) is 5.32 Å². The van der Waals surface area contributed by atoms with Crippen LogP contribution in [0.2, 0.25) is 0 Å². The standard InChI is InChI=1S/C18H22FN3O4/c1-11(23)20-9-13-10-21(17(25)26-13)12-4-5-15(14(19)8-12)22-7-6-16(24)18(22,2)3/h4-5,8,13H,6-7,9-10H2,1-3H3,(H,20,23). The fourth-order valence-corrected chi connectivity index (χ4v) is 3.35. The lowest BCUT2D eigenvalue weighted by atomic mass is 10.00. The van der Waals surface area contributed by atoms with Crippen LogP contribution in [0.4, 0.5) is 20.6 Å². The van der Waals surface area contributed by atoms with Crippen molar-refractivity contribution in [2.45, 2.75) is 38.8 Å². The van der Waals surface area contributed by atoms with E-state index in [1.54, 1.807) is 30.9 Å². The van der Waals surface area contributed by atoms with Gasteiger partial charge in [-0.2, -0.15) is 0 Å². The van der Waals surface area contributed by atoms with E-state index in [9.17, 15) is 18.8 Å². The third kappa shape index (κ3) is 3.23. The van der Waals surface area contributed by atoms with E-state index < -0.39 is 23.6 Å². The van der Waals surface area contributed by atoms with Crippen molar-refractivity contribution in [2.24, 2.45) is 0 Å². The number of carbonyl (C=O) groups excluding carboxylic acids is 3. The number of hydrogen-bond donors (Lipinski definition) is 1. The molecule has 26 heavy (non-hydrogen) atoms. The average molecular weight is 363 g/mol. The Labute approximate surface area is 151 Å². The maximum Gasteiger partial charge on any atom is 0.414 e. The van der Waals surface area contributed by atoms with Crippen LogP contribution in [0, 0.1) is 5.82 Å². The molecule has 1 aromatic carbocycles. The number of carbonyl (C=O) groups is 3. The summed E-state index contributed by atoms with van der Waals surface area (Å²) in [5.41, 5.74) is -0.0323. The molecule has 140 valence electrons. The van der Waals surface area contributed by atoms with Crippen LogP contribution in [-0.2, 0) is 14.3 Å². The zero-order chi connectivity index (χ0) is 19.1. The quantitative estimate of drug-likeness (QED) is 0.883. The molecule has 0 spiro atoms. The van der Waals surface area contributed by atoms with Gasteiger partial charge in [-0.1, -0.05) is 0 Å². The summed E-state index contributed by atoms with van der Waals surface area (Å²) in [4.78, 5) is 38.1. The molecule has 2 aliphatic heterocycles. The Hall–Kier alpha value is -2.64. The molecule has 2 fully saturated rings. The summed E-state index contributed by atoms with van der Waals surface area (Å²) in [6.45, 7) is 5.84. The van der Waals surface area contributed by atoms with Crippen molar-refractivity contribution in [1.29, 1.82) is 0 Å². The number of Topliss-reactive ketones (excluding diaryl/α,β-unsaturated/α-hetero) is 1. The summed E-state index contributed by atoms with van der Waals surface area (Å²) < 4.78 is 19.9. The topological polar surface area (TPSA) is 79.0 Å². The van der Waals surface area contributed by atoms with Gasteiger partial charge in [0.1, 0.15) is 11.9 Å². The predicted octanol–water partition coefficient (Wildman–Crippen LogP) is 1.84. The van der Waals surface area contributed by atoms with Crippen LogP contribution in [0.1, 0.15) is 27.2 Å². The first-order valence-corrected chi connectivity index (χ1v) is 8.53. The van der Waals surface area contributed by atoms with Gasteiger partial charge in [-0.15, -0.1) is 0 Å². The van der Waals surface area contributed by atoms with Crippen molar-refractivity contribution in [3.8, 4) is 0 Å².